The molecule has 1 aliphatic rings. The largest absolute Gasteiger partial charge is 0.491 e. The predicted octanol–water partition coefficient (Wildman–Crippen LogP) is 4.73. The van der Waals surface area contributed by atoms with Gasteiger partial charge in [0.2, 0.25) is 10.0 Å². The van der Waals surface area contributed by atoms with E-state index in [2.05, 4.69) is 0 Å². The maximum Gasteiger partial charge on any atom is 0.323 e. The Morgan fingerprint density at radius 2 is 1.94 bits per heavy atom. The monoisotopic (exact) mass is 490 g/mol. The maximum absolute atomic E-state index is 13.3. The number of sulfonamides is 1. The van der Waals surface area contributed by atoms with E-state index in [-0.39, 0.29) is 23.5 Å². The van der Waals surface area contributed by atoms with Crippen LogP contribution in [0.15, 0.2) is 53.6 Å². The minimum absolute atomic E-state index is 0.00655. The van der Waals surface area contributed by atoms with Gasteiger partial charge in [0.25, 0.3) is 0 Å². The number of ether oxygens (including phenoxy) is 1. The number of halogens is 1. The molecule has 1 unspecified atom stereocenters. The van der Waals surface area contributed by atoms with Crippen molar-refractivity contribution < 1.29 is 23.1 Å². The smallest absolute Gasteiger partial charge is 0.323 e. The fraction of sp³-hybridized carbons (Fsp3) is 0.375. The SMILES string of the molecule is CC(C)Oc1ccc(S(=O)(=O)N2CCCC(c3cn(CC(=O)O)c4ccc(Cl)cc34)C2)cc1. The molecule has 0 spiro atoms. The third kappa shape index (κ3) is 5.03. The number of hydrogen-bond acceptors (Lipinski definition) is 4. The molecule has 7 nitrogen and oxygen atoms in total. The third-order valence-electron chi connectivity index (χ3n) is 5.84. The minimum atomic E-state index is -3.67. The zero-order chi connectivity index (χ0) is 23.8. The highest BCUT2D eigenvalue weighted by Gasteiger charge is 2.32. The number of fused-ring (bicyclic) bond motifs is 1. The van der Waals surface area contributed by atoms with E-state index in [4.69, 9.17) is 16.3 Å². The van der Waals surface area contributed by atoms with Crippen LogP contribution in [0.5, 0.6) is 5.75 Å². The molecule has 1 aliphatic heterocycles. The van der Waals surface area contributed by atoms with Gasteiger partial charge >= 0.3 is 5.97 Å². The summed E-state index contributed by atoms with van der Waals surface area (Å²) in [7, 11) is -3.67. The van der Waals surface area contributed by atoms with E-state index in [9.17, 15) is 18.3 Å². The maximum atomic E-state index is 13.3. The number of carbonyl (C=O) groups is 1. The van der Waals surface area contributed by atoms with Crippen LogP contribution in [-0.4, -0.2) is 47.6 Å². The van der Waals surface area contributed by atoms with E-state index < -0.39 is 16.0 Å². The van der Waals surface area contributed by atoms with Crippen LogP contribution in [0.3, 0.4) is 0 Å². The Balaban J connectivity index is 1.63. The summed E-state index contributed by atoms with van der Waals surface area (Å²) in [6.45, 7) is 4.43. The van der Waals surface area contributed by atoms with Gasteiger partial charge in [-0.05, 0) is 80.6 Å². The first kappa shape index (κ1) is 23.6. The zero-order valence-corrected chi connectivity index (χ0v) is 20.1. The van der Waals surface area contributed by atoms with Gasteiger partial charge in [-0.15, -0.1) is 0 Å². The van der Waals surface area contributed by atoms with Crippen molar-refractivity contribution in [3.63, 3.8) is 0 Å². The summed E-state index contributed by atoms with van der Waals surface area (Å²) in [6.07, 6.45) is 3.36. The van der Waals surface area contributed by atoms with Crippen molar-refractivity contribution in [1.82, 2.24) is 8.87 Å². The molecule has 0 bridgehead atoms. The summed E-state index contributed by atoms with van der Waals surface area (Å²) in [5, 5.41) is 10.7. The summed E-state index contributed by atoms with van der Waals surface area (Å²) >= 11 is 6.23. The number of carboxylic acids is 1. The van der Waals surface area contributed by atoms with Gasteiger partial charge in [-0.2, -0.15) is 4.31 Å². The fourth-order valence-corrected chi connectivity index (χ4v) is 6.12. The number of aliphatic carboxylic acids is 1. The molecule has 2 aromatic carbocycles. The summed E-state index contributed by atoms with van der Waals surface area (Å²) in [4.78, 5) is 11.6. The minimum Gasteiger partial charge on any atom is -0.491 e. The number of nitrogens with zero attached hydrogens (tertiary/aromatic N) is 2. The average molecular weight is 491 g/mol. The number of rotatable bonds is 7. The average Bonchev–Trinajstić information content (AvgIpc) is 3.10. The Morgan fingerprint density at radius 1 is 1.21 bits per heavy atom. The van der Waals surface area contributed by atoms with Crippen molar-refractivity contribution in [2.24, 2.45) is 0 Å². The molecule has 0 radical (unpaired) electrons. The van der Waals surface area contributed by atoms with Crippen molar-refractivity contribution in [3.05, 3.63) is 59.2 Å². The van der Waals surface area contributed by atoms with E-state index in [1.54, 1.807) is 34.9 Å². The van der Waals surface area contributed by atoms with Gasteiger partial charge in [0.1, 0.15) is 12.3 Å². The topological polar surface area (TPSA) is 88.8 Å². The van der Waals surface area contributed by atoms with Crippen LogP contribution in [0.2, 0.25) is 5.02 Å². The molecule has 1 saturated heterocycles. The summed E-state index contributed by atoms with van der Waals surface area (Å²) in [6, 6.07) is 11.9. The number of benzene rings is 2. The molecule has 2 heterocycles. The molecule has 1 N–H and O–H groups in total. The Hall–Kier alpha value is -2.55. The highest BCUT2D eigenvalue weighted by Crippen LogP contribution is 2.36. The first-order valence-corrected chi connectivity index (χ1v) is 12.7. The molecule has 9 heteroatoms. The van der Waals surface area contributed by atoms with E-state index in [1.807, 2.05) is 32.2 Å². The molecule has 1 aromatic heterocycles. The normalized spacial score (nSPS) is 17.5. The lowest BCUT2D eigenvalue weighted by molar-refractivity contribution is -0.137. The van der Waals surface area contributed by atoms with Gasteiger partial charge in [-0.1, -0.05) is 11.6 Å². The lowest BCUT2D eigenvalue weighted by Crippen LogP contribution is -2.39. The van der Waals surface area contributed by atoms with Crippen molar-refractivity contribution in [2.45, 2.75) is 50.2 Å². The third-order valence-corrected chi connectivity index (χ3v) is 7.95. The molecule has 33 heavy (non-hydrogen) atoms. The Labute approximate surface area is 198 Å². The van der Waals surface area contributed by atoms with E-state index >= 15 is 0 Å². The van der Waals surface area contributed by atoms with Crippen LogP contribution in [0.1, 0.15) is 38.2 Å². The standard InChI is InChI=1S/C24H27ClN2O5S/c1-16(2)32-19-6-8-20(9-7-19)33(30,31)27-11-3-4-17(13-27)22-14-26(15-24(28)29)23-10-5-18(25)12-21(22)23/h5-10,12,14,16-17H,3-4,11,13,15H2,1-2H3,(H,28,29). The number of aromatic nitrogens is 1. The first-order chi connectivity index (χ1) is 15.6. The second-order valence-corrected chi connectivity index (χ2v) is 11.0. The van der Waals surface area contributed by atoms with Crippen LogP contribution in [0.25, 0.3) is 10.9 Å². The predicted molar refractivity (Wildman–Crippen MR) is 128 cm³/mol. The molecule has 0 amide bonds. The van der Waals surface area contributed by atoms with Gasteiger partial charge in [0, 0.05) is 35.2 Å². The molecular formula is C24H27ClN2O5S. The van der Waals surface area contributed by atoms with Crippen molar-refractivity contribution in [2.75, 3.05) is 13.1 Å². The number of piperidine rings is 1. The first-order valence-electron chi connectivity index (χ1n) is 10.9. The Morgan fingerprint density at radius 3 is 2.61 bits per heavy atom. The summed E-state index contributed by atoms with van der Waals surface area (Å²) in [5.41, 5.74) is 1.70. The summed E-state index contributed by atoms with van der Waals surface area (Å²) in [5.74, 6) is -0.372. The van der Waals surface area contributed by atoms with Crippen molar-refractivity contribution in [1.29, 1.82) is 0 Å². The molecule has 0 saturated carbocycles. The van der Waals surface area contributed by atoms with E-state index in [0.717, 1.165) is 22.9 Å². The molecule has 0 aliphatic carbocycles. The Kier molecular flexibility index (Phi) is 6.70. The quantitative estimate of drug-likeness (QED) is 0.517. The van der Waals surface area contributed by atoms with Gasteiger partial charge < -0.3 is 14.4 Å². The van der Waals surface area contributed by atoms with E-state index in [1.165, 1.54) is 4.31 Å². The van der Waals surface area contributed by atoms with Gasteiger partial charge in [-0.25, -0.2) is 8.42 Å². The molecule has 3 aromatic rings. The van der Waals surface area contributed by atoms with Crippen LogP contribution in [0, 0.1) is 0 Å². The van der Waals surface area contributed by atoms with Crippen molar-refractivity contribution >= 4 is 38.5 Å². The molecule has 1 atom stereocenters. The highest BCUT2D eigenvalue weighted by atomic mass is 35.5. The lowest BCUT2D eigenvalue weighted by atomic mass is 9.91. The van der Waals surface area contributed by atoms with Gasteiger partial charge in [-0.3, -0.25) is 4.79 Å². The fourth-order valence-electron chi connectivity index (χ4n) is 4.42. The van der Waals surface area contributed by atoms with Gasteiger partial charge in [0.15, 0.2) is 0 Å². The lowest BCUT2D eigenvalue weighted by Gasteiger charge is -2.32. The van der Waals surface area contributed by atoms with Crippen molar-refractivity contribution in [3.8, 4) is 5.75 Å². The van der Waals surface area contributed by atoms with Crippen LogP contribution >= 0.6 is 11.6 Å². The van der Waals surface area contributed by atoms with Crippen LogP contribution in [0.4, 0.5) is 0 Å². The second kappa shape index (κ2) is 9.37. The zero-order valence-electron chi connectivity index (χ0n) is 18.6. The van der Waals surface area contributed by atoms with Crippen LogP contribution < -0.4 is 4.74 Å². The molecule has 176 valence electrons. The van der Waals surface area contributed by atoms with Gasteiger partial charge in [0.05, 0.1) is 11.0 Å². The molecule has 1 fully saturated rings. The highest BCUT2D eigenvalue weighted by molar-refractivity contribution is 7.89. The molecule has 4 rings (SSSR count). The number of carboxylic acid groups (broad SMARTS) is 1. The second-order valence-electron chi connectivity index (χ2n) is 8.61. The van der Waals surface area contributed by atoms with Crippen LogP contribution in [-0.2, 0) is 21.4 Å². The summed E-state index contributed by atoms with van der Waals surface area (Å²) < 4.78 is 35.5. The Bertz CT molecular complexity index is 1270. The number of hydrogen-bond donors (Lipinski definition) is 1. The molecular weight excluding hydrogens is 464 g/mol. The van der Waals surface area contributed by atoms with E-state index in [0.29, 0.717) is 30.3 Å².